The molecule has 0 radical (unpaired) electrons. The summed E-state index contributed by atoms with van der Waals surface area (Å²) in [6.45, 7) is 0. The van der Waals surface area contributed by atoms with Crippen LogP contribution in [0.2, 0.25) is 0 Å². The Kier molecular flexibility index (Phi) is 2.47. The molecule has 2 N–H and O–H groups in total. The van der Waals surface area contributed by atoms with Gasteiger partial charge in [-0.3, -0.25) is 0 Å². The Morgan fingerprint density at radius 2 is 2.19 bits per heavy atom. The van der Waals surface area contributed by atoms with E-state index in [1.54, 1.807) is 13.1 Å². The van der Waals surface area contributed by atoms with Gasteiger partial charge >= 0.3 is 0 Å². The van der Waals surface area contributed by atoms with Gasteiger partial charge in [0.1, 0.15) is 0 Å². The van der Waals surface area contributed by atoms with Gasteiger partial charge in [-0.25, -0.2) is 9.07 Å². The quantitative estimate of drug-likeness (QED) is 0.829. The summed E-state index contributed by atoms with van der Waals surface area (Å²) in [6, 6.07) is 4.52. The minimum atomic E-state index is -0.453. The van der Waals surface area contributed by atoms with Crippen molar-refractivity contribution in [2.45, 2.75) is 0 Å². The van der Waals surface area contributed by atoms with Crippen LogP contribution in [0.1, 0.15) is 0 Å². The van der Waals surface area contributed by atoms with E-state index in [0.29, 0.717) is 11.4 Å². The van der Waals surface area contributed by atoms with Gasteiger partial charge in [0.15, 0.2) is 17.4 Å². The first-order chi connectivity index (χ1) is 7.61. The van der Waals surface area contributed by atoms with E-state index in [-0.39, 0.29) is 11.7 Å². The van der Waals surface area contributed by atoms with E-state index in [0.717, 1.165) is 0 Å². The van der Waals surface area contributed by atoms with Gasteiger partial charge < -0.3 is 10.5 Å². The Hall–Kier alpha value is -2.11. The number of rotatable bonds is 2. The summed E-state index contributed by atoms with van der Waals surface area (Å²) in [7, 11) is 3.08. The molecule has 84 valence electrons. The summed E-state index contributed by atoms with van der Waals surface area (Å²) >= 11 is 0. The van der Waals surface area contributed by atoms with Crippen LogP contribution in [0.25, 0.3) is 11.4 Å². The van der Waals surface area contributed by atoms with Crippen molar-refractivity contribution in [3.05, 3.63) is 24.0 Å². The maximum atomic E-state index is 13.4. The second-order valence-corrected chi connectivity index (χ2v) is 3.27. The Morgan fingerprint density at radius 1 is 1.44 bits per heavy atom. The number of benzene rings is 1. The van der Waals surface area contributed by atoms with Crippen molar-refractivity contribution in [2.24, 2.45) is 7.05 Å². The fourth-order valence-electron chi connectivity index (χ4n) is 1.32. The minimum Gasteiger partial charge on any atom is -0.494 e. The largest absolute Gasteiger partial charge is 0.494 e. The van der Waals surface area contributed by atoms with Crippen LogP contribution in [0.3, 0.4) is 0 Å². The molecule has 1 aromatic heterocycles. The summed E-state index contributed by atoms with van der Waals surface area (Å²) in [5.41, 5.74) is 6.10. The number of methoxy groups -OCH3 is 1. The van der Waals surface area contributed by atoms with Crippen molar-refractivity contribution in [1.29, 1.82) is 0 Å². The zero-order valence-electron chi connectivity index (χ0n) is 8.94. The van der Waals surface area contributed by atoms with Gasteiger partial charge in [0.05, 0.1) is 7.11 Å². The average molecular weight is 222 g/mol. The monoisotopic (exact) mass is 222 g/mol. The highest BCUT2D eigenvalue weighted by Crippen LogP contribution is 2.23. The zero-order valence-corrected chi connectivity index (χ0v) is 8.94. The molecule has 2 rings (SSSR count). The summed E-state index contributed by atoms with van der Waals surface area (Å²) in [5.74, 6) is 0.409. The molecule has 6 heteroatoms. The molecule has 0 aliphatic rings. The van der Waals surface area contributed by atoms with Crippen LogP contribution in [0.15, 0.2) is 18.2 Å². The Bertz CT molecular complexity index is 504. The van der Waals surface area contributed by atoms with Crippen molar-refractivity contribution < 1.29 is 9.13 Å². The number of hydrogen-bond donors (Lipinski definition) is 1. The lowest BCUT2D eigenvalue weighted by Gasteiger charge is -2.02. The molecule has 5 nitrogen and oxygen atoms in total. The van der Waals surface area contributed by atoms with E-state index in [1.807, 2.05) is 0 Å². The second-order valence-electron chi connectivity index (χ2n) is 3.27. The molecule has 0 atom stereocenters. The lowest BCUT2D eigenvalue weighted by atomic mass is 10.2. The normalized spacial score (nSPS) is 10.4. The van der Waals surface area contributed by atoms with Crippen molar-refractivity contribution in [1.82, 2.24) is 14.8 Å². The van der Waals surface area contributed by atoms with Gasteiger partial charge in [-0.05, 0) is 18.2 Å². The SMILES string of the molecule is COc1ccc(-c2nc(N)n(C)n2)cc1F. The van der Waals surface area contributed by atoms with Crippen LogP contribution in [0.5, 0.6) is 5.75 Å². The van der Waals surface area contributed by atoms with Crippen LogP contribution >= 0.6 is 0 Å². The third-order valence-electron chi connectivity index (χ3n) is 2.21. The topological polar surface area (TPSA) is 66.0 Å². The molecule has 0 saturated carbocycles. The maximum absolute atomic E-state index is 13.4. The van der Waals surface area contributed by atoms with E-state index in [2.05, 4.69) is 10.1 Å². The van der Waals surface area contributed by atoms with Crippen molar-refractivity contribution in [2.75, 3.05) is 12.8 Å². The first-order valence-electron chi connectivity index (χ1n) is 4.62. The Labute approximate surface area is 91.7 Å². The number of nitrogen functional groups attached to an aromatic ring is 1. The van der Waals surface area contributed by atoms with Crippen LogP contribution in [-0.2, 0) is 7.05 Å². The number of ether oxygens (including phenoxy) is 1. The number of aromatic nitrogens is 3. The second kappa shape index (κ2) is 3.80. The predicted octanol–water partition coefficient (Wildman–Crippen LogP) is 1.21. The molecule has 1 aromatic carbocycles. The molecular formula is C10H11FN4O. The Morgan fingerprint density at radius 3 is 2.69 bits per heavy atom. The number of halogens is 1. The fourth-order valence-corrected chi connectivity index (χ4v) is 1.32. The first-order valence-corrected chi connectivity index (χ1v) is 4.62. The van der Waals surface area contributed by atoms with Gasteiger partial charge in [0, 0.05) is 12.6 Å². The van der Waals surface area contributed by atoms with E-state index >= 15 is 0 Å². The van der Waals surface area contributed by atoms with Crippen LogP contribution in [-0.4, -0.2) is 21.9 Å². The molecule has 2 aromatic rings. The van der Waals surface area contributed by atoms with E-state index < -0.39 is 5.82 Å². The highest BCUT2D eigenvalue weighted by Gasteiger charge is 2.10. The zero-order chi connectivity index (χ0) is 11.7. The number of hydrogen-bond acceptors (Lipinski definition) is 4. The molecular weight excluding hydrogens is 211 g/mol. The number of anilines is 1. The van der Waals surface area contributed by atoms with Gasteiger partial charge in [0.2, 0.25) is 5.95 Å². The summed E-state index contributed by atoms with van der Waals surface area (Å²) in [5, 5.41) is 4.05. The van der Waals surface area contributed by atoms with Crippen LogP contribution in [0, 0.1) is 5.82 Å². The number of nitrogens with zero attached hydrogens (tertiary/aromatic N) is 3. The van der Waals surface area contributed by atoms with Gasteiger partial charge in [0.25, 0.3) is 0 Å². The van der Waals surface area contributed by atoms with Crippen molar-refractivity contribution in [3.63, 3.8) is 0 Å². The molecule has 0 aliphatic carbocycles. The summed E-state index contributed by atoms with van der Waals surface area (Å²) in [4.78, 5) is 4.00. The van der Waals surface area contributed by atoms with Crippen molar-refractivity contribution >= 4 is 5.95 Å². The number of aryl methyl sites for hydroxylation is 1. The van der Waals surface area contributed by atoms with Gasteiger partial charge in [-0.15, -0.1) is 5.10 Å². The smallest absolute Gasteiger partial charge is 0.218 e. The molecule has 16 heavy (non-hydrogen) atoms. The Balaban J connectivity index is 2.45. The van der Waals surface area contributed by atoms with E-state index in [1.165, 1.54) is 23.9 Å². The first kappa shape index (κ1) is 10.4. The molecule has 0 spiro atoms. The van der Waals surface area contributed by atoms with Gasteiger partial charge in [-0.2, -0.15) is 4.98 Å². The molecule has 0 fully saturated rings. The van der Waals surface area contributed by atoms with Gasteiger partial charge in [-0.1, -0.05) is 0 Å². The van der Waals surface area contributed by atoms with E-state index in [9.17, 15) is 4.39 Å². The summed E-state index contributed by atoms with van der Waals surface area (Å²) in [6.07, 6.45) is 0. The minimum absolute atomic E-state index is 0.188. The molecule has 0 bridgehead atoms. The summed E-state index contributed by atoms with van der Waals surface area (Å²) < 4.78 is 19.7. The predicted molar refractivity (Wildman–Crippen MR) is 57.4 cm³/mol. The third-order valence-corrected chi connectivity index (χ3v) is 2.21. The fraction of sp³-hybridized carbons (Fsp3) is 0.200. The molecule has 0 saturated heterocycles. The molecule has 0 unspecified atom stereocenters. The lowest BCUT2D eigenvalue weighted by molar-refractivity contribution is 0.386. The number of nitrogens with two attached hydrogens (primary N) is 1. The average Bonchev–Trinajstić information content (AvgIpc) is 2.59. The lowest BCUT2D eigenvalue weighted by Crippen LogP contribution is -1.97. The van der Waals surface area contributed by atoms with Crippen molar-refractivity contribution in [3.8, 4) is 17.1 Å². The van der Waals surface area contributed by atoms with Crippen LogP contribution < -0.4 is 10.5 Å². The molecule has 1 heterocycles. The molecule has 0 amide bonds. The molecule has 0 aliphatic heterocycles. The van der Waals surface area contributed by atoms with E-state index in [4.69, 9.17) is 10.5 Å². The maximum Gasteiger partial charge on any atom is 0.218 e. The standard InChI is InChI=1S/C10H11FN4O/c1-15-10(12)13-9(14-15)6-3-4-8(16-2)7(11)5-6/h3-5H,1-2H3,(H2,12,13,14). The highest BCUT2D eigenvalue weighted by atomic mass is 19.1. The third kappa shape index (κ3) is 1.69. The highest BCUT2D eigenvalue weighted by molar-refractivity contribution is 5.57. The van der Waals surface area contributed by atoms with Crippen LogP contribution in [0.4, 0.5) is 10.3 Å².